The van der Waals surface area contributed by atoms with E-state index in [0.29, 0.717) is 28.3 Å². The van der Waals surface area contributed by atoms with Crippen molar-refractivity contribution in [3.05, 3.63) is 57.3 Å². The van der Waals surface area contributed by atoms with Crippen LogP contribution in [0.1, 0.15) is 6.92 Å². The van der Waals surface area contributed by atoms with Gasteiger partial charge in [-0.15, -0.1) is 0 Å². The van der Waals surface area contributed by atoms with E-state index >= 15 is 0 Å². The molecule has 8 heteroatoms. The van der Waals surface area contributed by atoms with Gasteiger partial charge >= 0.3 is 6.61 Å². The highest BCUT2D eigenvalue weighted by Crippen LogP contribution is 2.23. The number of benzene rings is 1. The second kappa shape index (κ2) is 7.18. The summed E-state index contributed by atoms with van der Waals surface area (Å²) in [6, 6.07) is 10.9. The van der Waals surface area contributed by atoms with Gasteiger partial charge in [0.1, 0.15) is 5.75 Å². The Morgan fingerprint density at radius 1 is 1.20 bits per heavy atom. The van der Waals surface area contributed by atoms with E-state index in [9.17, 15) is 13.6 Å². The van der Waals surface area contributed by atoms with Crippen molar-refractivity contribution in [2.24, 2.45) is 0 Å². The van der Waals surface area contributed by atoms with E-state index in [-0.39, 0.29) is 11.3 Å². The fraction of sp³-hybridized carbons (Fsp3) is 0.176. The van der Waals surface area contributed by atoms with Crippen LogP contribution in [-0.2, 0) is 0 Å². The van der Waals surface area contributed by atoms with Crippen LogP contribution in [0.3, 0.4) is 0 Å². The summed E-state index contributed by atoms with van der Waals surface area (Å²) in [6.07, 6.45) is 0. The van der Waals surface area contributed by atoms with Gasteiger partial charge in [-0.1, -0.05) is 0 Å². The first-order valence-corrected chi connectivity index (χ1v) is 8.19. The highest BCUT2D eigenvalue weighted by molar-refractivity contribution is 9.10. The van der Waals surface area contributed by atoms with Crippen molar-refractivity contribution in [2.45, 2.75) is 13.5 Å². The molecule has 0 N–H and O–H groups in total. The molecule has 3 aromatic rings. The van der Waals surface area contributed by atoms with Crippen LogP contribution in [0, 0.1) is 0 Å². The van der Waals surface area contributed by atoms with E-state index in [1.807, 2.05) is 6.92 Å². The minimum atomic E-state index is -2.91. The molecule has 0 spiro atoms. The van der Waals surface area contributed by atoms with Crippen LogP contribution in [0.4, 0.5) is 8.78 Å². The maximum atomic E-state index is 12.6. The number of alkyl halides is 2. The molecule has 0 saturated carbocycles. The van der Waals surface area contributed by atoms with E-state index in [2.05, 4.69) is 25.7 Å². The molecule has 0 amide bonds. The minimum Gasteiger partial charge on any atom is -0.478 e. The second-order valence-corrected chi connectivity index (χ2v) is 5.85. The smallest absolute Gasteiger partial charge is 0.387 e. The summed E-state index contributed by atoms with van der Waals surface area (Å²) in [6.45, 7) is -0.628. The van der Waals surface area contributed by atoms with Gasteiger partial charge in [0.15, 0.2) is 5.65 Å². The number of ether oxygens (including phenoxy) is 2. The molecule has 0 saturated heterocycles. The molecule has 5 nitrogen and oxygen atoms in total. The topological polar surface area (TPSA) is 53.4 Å². The Bertz CT molecular complexity index is 959. The molecule has 0 fully saturated rings. The van der Waals surface area contributed by atoms with Gasteiger partial charge in [-0.2, -0.15) is 13.8 Å². The Kier molecular flexibility index (Phi) is 4.98. The zero-order valence-corrected chi connectivity index (χ0v) is 14.7. The Labute approximate surface area is 150 Å². The maximum absolute atomic E-state index is 12.6. The molecule has 3 rings (SSSR count). The van der Waals surface area contributed by atoms with E-state index in [0.717, 1.165) is 5.39 Å². The average molecular weight is 411 g/mol. The SMILES string of the molecule is CCOc1ccc2cc(Br)c(=O)n(-c3ccc(OC(F)F)cc3)c2n1. The lowest BCUT2D eigenvalue weighted by atomic mass is 10.2. The Morgan fingerprint density at radius 2 is 1.92 bits per heavy atom. The fourth-order valence-electron chi connectivity index (χ4n) is 2.38. The number of fused-ring (bicyclic) bond motifs is 1. The van der Waals surface area contributed by atoms with Gasteiger partial charge in [0.25, 0.3) is 5.56 Å². The Morgan fingerprint density at radius 3 is 2.56 bits per heavy atom. The fourth-order valence-corrected chi connectivity index (χ4v) is 2.80. The van der Waals surface area contributed by atoms with Crippen molar-refractivity contribution in [3.63, 3.8) is 0 Å². The van der Waals surface area contributed by atoms with Crippen molar-refractivity contribution in [2.75, 3.05) is 6.61 Å². The predicted molar refractivity (Wildman–Crippen MR) is 92.8 cm³/mol. The number of rotatable bonds is 5. The summed E-state index contributed by atoms with van der Waals surface area (Å²) in [5, 5.41) is 0.725. The number of hydrogen-bond donors (Lipinski definition) is 0. The van der Waals surface area contributed by atoms with Crippen LogP contribution >= 0.6 is 15.9 Å². The zero-order valence-electron chi connectivity index (χ0n) is 13.1. The van der Waals surface area contributed by atoms with Crippen molar-refractivity contribution in [1.29, 1.82) is 0 Å². The molecule has 0 atom stereocenters. The molecule has 130 valence electrons. The lowest BCUT2D eigenvalue weighted by Gasteiger charge is -2.12. The molecule has 0 unspecified atom stereocenters. The number of nitrogens with zero attached hydrogens (tertiary/aromatic N) is 2. The summed E-state index contributed by atoms with van der Waals surface area (Å²) < 4.78 is 36.0. The van der Waals surface area contributed by atoms with E-state index < -0.39 is 6.61 Å². The quantitative estimate of drug-likeness (QED) is 0.633. The van der Waals surface area contributed by atoms with Crippen LogP contribution in [0.25, 0.3) is 16.7 Å². The van der Waals surface area contributed by atoms with Crippen LogP contribution in [0.15, 0.2) is 51.7 Å². The van der Waals surface area contributed by atoms with Crippen LogP contribution < -0.4 is 15.0 Å². The van der Waals surface area contributed by atoms with Gasteiger partial charge in [0, 0.05) is 11.5 Å². The van der Waals surface area contributed by atoms with Gasteiger partial charge < -0.3 is 9.47 Å². The molecule has 0 radical (unpaired) electrons. The molecule has 2 aromatic heterocycles. The van der Waals surface area contributed by atoms with Gasteiger partial charge in [-0.3, -0.25) is 9.36 Å². The highest BCUT2D eigenvalue weighted by Gasteiger charge is 2.13. The van der Waals surface area contributed by atoms with Gasteiger partial charge in [-0.25, -0.2) is 0 Å². The van der Waals surface area contributed by atoms with Crippen molar-refractivity contribution < 1.29 is 18.3 Å². The van der Waals surface area contributed by atoms with Crippen LogP contribution in [0.2, 0.25) is 0 Å². The lowest BCUT2D eigenvalue weighted by molar-refractivity contribution is -0.0498. The predicted octanol–water partition coefficient (Wildman–Crippen LogP) is 4.15. The Hall–Kier alpha value is -2.48. The molecule has 0 aliphatic rings. The van der Waals surface area contributed by atoms with Crippen LogP contribution in [-0.4, -0.2) is 22.8 Å². The zero-order chi connectivity index (χ0) is 18.0. The van der Waals surface area contributed by atoms with E-state index in [4.69, 9.17) is 4.74 Å². The lowest BCUT2D eigenvalue weighted by Crippen LogP contribution is -2.20. The number of aromatic nitrogens is 2. The van der Waals surface area contributed by atoms with Gasteiger partial charge in [-0.05, 0) is 59.3 Å². The third-order valence-corrected chi connectivity index (χ3v) is 3.96. The number of pyridine rings is 2. The molecule has 2 heterocycles. The second-order valence-electron chi connectivity index (χ2n) is 5.00. The third kappa shape index (κ3) is 3.63. The van der Waals surface area contributed by atoms with Crippen molar-refractivity contribution >= 4 is 27.0 Å². The molecular weight excluding hydrogens is 398 g/mol. The highest BCUT2D eigenvalue weighted by atomic mass is 79.9. The van der Waals surface area contributed by atoms with Gasteiger partial charge in [0.05, 0.1) is 16.8 Å². The largest absolute Gasteiger partial charge is 0.478 e. The van der Waals surface area contributed by atoms with Crippen LogP contribution in [0.5, 0.6) is 11.6 Å². The van der Waals surface area contributed by atoms with E-state index in [1.165, 1.54) is 28.8 Å². The third-order valence-electron chi connectivity index (χ3n) is 3.39. The van der Waals surface area contributed by atoms with Gasteiger partial charge in [0.2, 0.25) is 5.88 Å². The molecule has 0 aliphatic carbocycles. The standard InChI is InChI=1S/C17H13BrF2N2O3/c1-2-24-14-8-3-10-9-13(18)16(23)22(15(10)21-14)11-4-6-12(7-5-11)25-17(19)20/h3-9,17H,2H2,1H3. The first-order chi connectivity index (χ1) is 12.0. The number of halogens is 3. The summed E-state index contributed by atoms with van der Waals surface area (Å²) in [4.78, 5) is 17.0. The minimum absolute atomic E-state index is 0.00839. The summed E-state index contributed by atoms with van der Waals surface area (Å²) in [7, 11) is 0. The number of hydrogen-bond acceptors (Lipinski definition) is 4. The average Bonchev–Trinajstić information content (AvgIpc) is 2.57. The maximum Gasteiger partial charge on any atom is 0.387 e. The molecular formula is C17H13BrF2N2O3. The summed E-state index contributed by atoms with van der Waals surface area (Å²) in [5.74, 6) is 0.400. The summed E-state index contributed by atoms with van der Waals surface area (Å²) >= 11 is 3.24. The van der Waals surface area contributed by atoms with Crippen molar-refractivity contribution in [1.82, 2.24) is 9.55 Å². The molecule has 25 heavy (non-hydrogen) atoms. The van der Waals surface area contributed by atoms with E-state index in [1.54, 1.807) is 18.2 Å². The Balaban J connectivity index is 2.17. The molecule has 0 aliphatic heterocycles. The molecule has 1 aromatic carbocycles. The molecule has 0 bridgehead atoms. The normalized spacial score (nSPS) is 11.1. The monoisotopic (exact) mass is 410 g/mol. The first kappa shape index (κ1) is 17.3. The van der Waals surface area contributed by atoms with Crippen molar-refractivity contribution in [3.8, 4) is 17.3 Å². The summed E-state index contributed by atoms with van der Waals surface area (Å²) in [5.41, 5.74) is 0.553. The first-order valence-electron chi connectivity index (χ1n) is 7.40.